The van der Waals surface area contributed by atoms with E-state index >= 15 is 0 Å². The molecular weight excluding hydrogens is 248 g/mol. The number of nitrogens with zero attached hydrogens (tertiary/aromatic N) is 2. The highest BCUT2D eigenvalue weighted by Gasteiger charge is 2.27. The van der Waals surface area contributed by atoms with Gasteiger partial charge in [-0.3, -0.25) is 10.1 Å². The van der Waals surface area contributed by atoms with Crippen molar-refractivity contribution in [1.29, 1.82) is 0 Å². The van der Waals surface area contributed by atoms with Crippen molar-refractivity contribution in [3.05, 3.63) is 28.3 Å². The molecule has 0 unspecified atom stereocenters. The summed E-state index contributed by atoms with van der Waals surface area (Å²) in [6, 6.07) is 5.18. The molecule has 19 heavy (non-hydrogen) atoms. The van der Waals surface area contributed by atoms with Crippen LogP contribution in [0.2, 0.25) is 0 Å². The van der Waals surface area contributed by atoms with Crippen molar-refractivity contribution in [3.8, 4) is 5.75 Å². The van der Waals surface area contributed by atoms with Gasteiger partial charge in [0.15, 0.2) is 5.75 Å². The van der Waals surface area contributed by atoms with Gasteiger partial charge >= 0.3 is 5.69 Å². The Kier molecular flexibility index (Phi) is 4.21. The second-order valence-electron chi connectivity index (χ2n) is 4.44. The molecule has 1 aliphatic heterocycles. The number of ether oxygens (including phenoxy) is 2. The summed E-state index contributed by atoms with van der Waals surface area (Å²) >= 11 is 0. The van der Waals surface area contributed by atoms with Crippen molar-refractivity contribution >= 4 is 11.4 Å². The Morgan fingerprint density at radius 2 is 2.37 bits per heavy atom. The average molecular weight is 266 g/mol. The van der Waals surface area contributed by atoms with Crippen molar-refractivity contribution in [3.63, 3.8) is 0 Å². The lowest BCUT2D eigenvalue weighted by atomic mass is 10.2. The maximum absolute atomic E-state index is 11.3. The fraction of sp³-hybridized carbons (Fsp3) is 0.538. The van der Waals surface area contributed by atoms with Crippen molar-refractivity contribution in [2.24, 2.45) is 0 Å². The number of morpholine rings is 1. The number of nitro benzene ring substituents is 1. The molecule has 0 spiro atoms. The van der Waals surface area contributed by atoms with Crippen LogP contribution in [-0.2, 0) is 4.74 Å². The minimum Gasteiger partial charge on any atom is -0.487 e. The van der Waals surface area contributed by atoms with Gasteiger partial charge in [0.05, 0.1) is 24.2 Å². The average Bonchev–Trinajstić information content (AvgIpc) is 2.38. The van der Waals surface area contributed by atoms with E-state index in [4.69, 9.17) is 9.47 Å². The standard InChI is InChI=1S/C13H18N2O4/c1-3-18-12-6-4-5-11(13(12)15(16)17)14-7-8-19-10(2)9-14/h4-6,10H,3,7-9H2,1-2H3/t10-/m1/s1. The first-order chi connectivity index (χ1) is 9.13. The second kappa shape index (κ2) is 5.88. The molecule has 1 aromatic rings. The lowest BCUT2D eigenvalue weighted by Gasteiger charge is -2.32. The van der Waals surface area contributed by atoms with Gasteiger partial charge in [0.2, 0.25) is 0 Å². The first-order valence-electron chi connectivity index (χ1n) is 6.40. The van der Waals surface area contributed by atoms with Gasteiger partial charge in [-0.15, -0.1) is 0 Å². The van der Waals surface area contributed by atoms with E-state index in [9.17, 15) is 10.1 Å². The number of benzene rings is 1. The first kappa shape index (κ1) is 13.6. The van der Waals surface area contributed by atoms with Gasteiger partial charge in [-0.1, -0.05) is 6.07 Å². The van der Waals surface area contributed by atoms with Gasteiger partial charge in [-0.25, -0.2) is 0 Å². The molecule has 0 bridgehead atoms. The summed E-state index contributed by atoms with van der Waals surface area (Å²) in [6.07, 6.45) is 0.0732. The van der Waals surface area contributed by atoms with Crippen LogP contribution in [0.4, 0.5) is 11.4 Å². The van der Waals surface area contributed by atoms with Crippen LogP contribution in [0, 0.1) is 10.1 Å². The minimum atomic E-state index is -0.375. The molecule has 0 saturated carbocycles. The first-order valence-corrected chi connectivity index (χ1v) is 6.40. The van der Waals surface area contributed by atoms with Crippen molar-refractivity contribution in [2.45, 2.75) is 20.0 Å². The number of hydrogen-bond acceptors (Lipinski definition) is 5. The summed E-state index contributed by atoms with van der Waals surface area (Å²) in [5.41, 5.74) is 0.643. The molecule has 2 rings (SSSR count). The van der Waals surface area contributed by atoms with Gasteiger partial charge in [0, 0.05) is 13.1 Å². The third-order valence-corrected chi connectivity index (χ3v) is 3.04. The Morgan fingerprint density at radius 3 is 3.00 bits per heavy atom. The second-order valence-corrected chi connectivity index (χ2v) is 4.44. The Balaban J connectivity index is 2.38. The lowest BCUT2D eigenvalue weighted by Crippen LogP contribution is -2.41. The zero-order valence-electron chi connectivity index (χ0n) is 11.2. The van der Waals surface area contributed by atoms with E-state index in [1.807, 2.05) is 18.7 Å². The van der Waals surface area contributed by atoms with Crippen LogP contribution >= 0.6 is 0 Å². The zero-order chi connectivity index (χ0) is 13.8. The van der Waals surface area contributed by atoms with Crippen molar-refractivity contribution < 1.29 is 14.4 Å². The SMILES string of the molecule is CCOc1cccc(N2CCO[C@H](C)C2)c1[N+](=O)[O-]. The molecule has 1 atom stereocenters. The highest BCUT2D eigenvalue weighted by Crippen LogP contribution is 2.37. The van der Waals surface area contributed by atoms with Crippen LogP contribution in [0.3, 0.4) is 0 Å². The molecule has 1 aromatic carbocycles. The zero-order valence-corrected chi connectivity index (χ0v) is 11.2. The van der Waals surface area contributed by atoms with Crippen LogP contribution in [0.1, 0.15) is 13.8 Å². The fourth-order valence-corrected chi connectivity index (χ4v) is 2.26. The van der Waals surface area contributed by atoms with Crippen molar-refractivity contribution in [1.82, 2.24) is 0 Å². The predicted molar refractivity (Wildman–Crippen MR) is 71.9 cm³/mol. The largest absolute Gasteiger partial charge is 0.487 e. The molecule has 6 heteroatoms. The molecule has 1 heterocycles. The molecule has 6 nitrogen and oxygen atoms in total. The quantitative estimate of drug-likeness (QED) is 0.617. The third-order valence-electron chi connectivity index (χ3n) is 3.04. The third kappa shape index (κ3) is 2.96. The van der Waals surface area contributed by atoms with Crippen LogP contribution in [-0.4, -0.2) is 37.3 Å². The maximum Gasteiger partial charge on any atom is 0.333 e. The van der Waals surface area contributed by atoms with Gasteiger partial charge in [-0.05, 0) is 26.0 Å². The summed E-state index contributed by atoms with van der Waals surface area (Å²) in [6.45, 7) is 6.07. The van der Waals surface area contributed by atoms with Gasteiger partial charge < -0.3 is 14.4 Å². The number of hydrogen-bond donors (Lipinski definition) is 0. The molecule has 0 aromatic heterocycles. The number of nitro groups is 1. The van der Waals surface area contributed by atoms with E-state index in [1.54, 1.807) is 18.2 Å². The molecule has 104 valence electrons. The Bertz CT molecular complexity index is 464. The topological polar surface area (TPSA) is 64.8 Å². The molecule has 1 fully saturated rings. The number of para-hydroxylation sites is 1. The Hall–Kier alpha value is -1.82. The van der Waals surface area contributed by atoms with E-state index in [-0.39, 0.29) is 16.7 Å². The van der Waals surface area contributed by atoms with Crippen LogP contribution < -0.4 is 9.64 Å². The summed E-state index contributed by atoms with van der Waals surface area (Å²) in [7, 11) is 0. The number of rotatable bonds is 4. The van der Waals surface area contributed by atoms with E-state index < -0.39 is 0 Å². The molecular formula is C13H18N2O4. The monoisotopic (exact) mass is 266 g/mol. The Labute approximate surface area is 112 Å². The van der Waals surface area contributed by atoms with Crippen LogP contribution in [0.5, 0.6) is 5.75 Å². The van der Waals surface area contributed by atoms with E-state index in [0.717, 1.165) is 0 Å². The van der Waals surface area contributed by atoms with Crippen molar-refractivity contribution in [2.75, 3.05) is 31.2 Å². The Morgan fingerprint density at radius 1 is 1.58 bits per heavy atom. The molecule has 0 amide bonds. The van der Waals surface area contributed by atoms with Crippen LogP contribution in [0.15, 0.2) is 18.2 Å². The van der Waals surface area contributed by atoms with Gasteiger partial charge in [-0.2, -0.15) is 0 Å². The van der Waals surface area contributed by atoms with E-state index in [1.165, 1.54) is 0 Å². The predicted octanol–water partition coefficient (Wildman–Crippen LogP) is 2.22. The van der Waals surface area contributed by atoms with Gasteiger partial charge in [0.1, 0.15) is 5.69 Å². The van der Waals surface area contributed by atoms with E-state index in [2.05, 4.69) is 0 Å². The molecule has 0 N–H and O–H groups in total. The summed E-state index contributed by atoms with van der Waals surface area (Å²) in [5.74, 6) is 0.323. The van der Waals surface area contributed by atoms with Crippen LogP contribution in [0.25, 0.3) is 0 Å². The molecule has 0 radical (unpaired) electrons. The highest BCUT2D eigenvalue weighted by atomic mass is 16.6. The summed E-state index contributed by atoms with van der Waals surface area (Å²) in [5, 5.41) is 11.3. The number of anilines is 1. The normalized spacial score (nSPS) is 19.3. The maximum atomic E-state index is 11.3. The molecule has 1 aliphatic rings. The summed E-state index contributed by atoms with van der Waals surface area (Å²) < 4.78 is 10.8. The van der Waals surface area contributed by atoms with E-state index in [0.29, 0.717) is 37.7 Å². The van der Waals surface area contributed by atoms with Gasteiger partial charge in [0.25, 0.3) is 0 Å². The summed E-state index contributed by atoms with van der Waals surface area (Å²) in [4.78, 5) is 12.9. The molecule has 0 aliphatic carbocycles. The highest BCUT2D eigenvalue weighted by molar-refractivity contribution is 5.70. The minimum absolute atomic E-state index is 0.0402. The molecule has 1 saturated heterocycles. The lowest BCUT2D eigenvalue weighted by molar-refractivity contribution is -0.385. The fourth-order valence-electron chi connectivity index (χ4n) is 2.26. The smallest absolute Gasteiger partial charge is 0.333 e.